The van der Waals surface area contributed by atoms with Crippen LogP contribution in [0.1, 0.15) is 31.1 Å². The van der Waals surface area contributed by atoms with Gasteiger partial charge < -0.3 is 15.6 Å². The standard InChI is InChI=1S/C12H16N2O4/c1-12(2,3)18-11(17)14-7-4-5-9(13)8(6-7)10(15)16/h4-6H,13H2,1-3H3,(H,14,17)(H,15,16). The van der Waals surface area contributed by atoms with Crippen molar-refractivity contribution < 1.29 is 19.4 Å². The van der Waals surface area contributed by atoms with Crippen LogP contribution < -0.4 is 11.1 Å². The number of amides is 1. The Morgan fingerprint density at radius 2 is 1.94 bits per heavy atom. The molecule has 6 nitrogen and oxygen atoms in total. The van der Waals surface area contributed by atoms with Gasteiger partial charge in [0.2, 0.25) is 0 Å². The van der Waals surface area contributed by atoms with Gasteiger partial charge >= 0.3 is 12.1 Å². The molecule has 1 aromatic carbocycles. The first-order valence-corrected chi connectivity index (χ1v) is 5.32. The number of carboxylic acid groups (broad SMARTS) is 1. The maximum Gasteiger partial charge on any atom is 0.412 e. The summed E-state index contributed by atoms with van der Waals surface area (Å²) in [6.45, 7) is 5.20. The maximum atomic E-state index is 11.5. The summed E-state index contributed by atoms with van der Waals surface area (Å²) in [6, 6.07) is 4.20. The Labute approximate surface area is 105 Å². The van der Waals surface area contributed by atoms with E-state index in [-0.39, 0.29) is 11.3 Å². The minimum Gasteiger partial charge on any atom is -0.478 e. The summed E-state index contributed by atoms with van der Waals surface area (Å²) in [4.78, 5) is 22.3. The van der Waals surface area contributed by atoms with E-state index >= 15 is 0 Å². The predicted octanol–water partition coefficient (Wildman–Crippen LogP) is 2.31. The Kier molecular flexibility index (Phi) is 3.80. The van der Waals surface area contributed by atoms with Crippen LogP contribution in [0.4, 0.5) is 16.2 Å². The van der Waals surface area contributed by atoms with E-state index in [9.17, 15) is 9.59 Å². The molecule has 0 aliphatic rings. The largest absolute Gasteiger partial charge is 0.478 e. The summed E-state index contributed by atoms with van der Waals surface area (Å²) >= 11 is 0. The summed E-state index contributed by atoms with van der Waals surface area (Å²) in [5, 5.41) is 11.3. The number of rotatable bonds is 2. The second kappa shape index (κ2) is 4.95. The lowest BCUT2D eigenvalue weighted by molar-refractivity contribution is 0.0633. The third-order valence-corrected chi connectivity index (χ3v) is 1.93. The van der Waals surface area contributed by atoms with E-state index in [0.29, 0.717) is 5.69 Å². The van der Waals surface area contributed by atoms with Gasteiger partial charge in [0.1, 0.15) is 5.60 Å². The number of nitrogen functional groups attached to an aromatic ring is 1. The number of hydrogen-bond donors (Lipinski definition) is 3. The zero-order valence-corrected chi connectivity index (χ0v) is 10.5. The van der Waals surface area contributed by atoms with E-state index in [0.717, 1.165) is 0 Å². The second-order valence-electron chi connectivity index (χ2n) is 4.73. The fourth-order valence-electron chi connectivity index (χ4n) is 1.24. The molecule has 0 heterocycles. The number of nitrogens with one attached hydrogen (secondary N) is 1. The van der Waals surface area contributed by atoms with Crippen LogP contribution in [0.2, 0.25) is 0 Å². The van der Waals surface area contributed by atoms with Gasteiger partial charge in [0.05, 0.1) is 5.56 Å². The smallest absolute Gasteiger partial charge is 0.412 e. The highest BCUT2D eigenvalue weighted by Gasteiger charge is 2.17. The third-order valence-electron chi connectivity index (χ3n) is 1.93. The molecule has 18 heavy (non-hydrogen) atoms. The van der Waals surface area contributed by atoms with E-state index in [2.05, 4.69) is 5.32 Å². The maximum absolute atomic E-state index is 11.5. The van der Waals surface area contributed by atoms with Crippen molar-refractivity contribution in [1.82, 2.24) is 0 Å². The first-order valence-electron chi connectivity index (χ1n) is 5.32. The molecule has 0 saturated carbocycles. The molecule has 0 aliphatic carbocycles. The summed E-state index contributed by atoms with van der Waals surface area (Å²) in [6.07, 6.45) is -0.649. The van der Waals surface area contributed by atoms with E-state index in [1.165, 1.54) is 18.2 Å². The lowest BCUT2D eigenvalue weighted by atomic mass is 10.1. The molecular weight excluding hydrogens is 236 g/mol. The zero-order chi connectivity index (χ0) is 13.9. The molecule has 0 saturated heterocycles. The van der Waals surface area contributed by atoms with Crippen molar-refractivity contribution in [2.45, 2.75) is 26.4 Å². The van der Waals surface area contributed by atoms with Crippen LogP contribution in [-0.2, 0) is 4.74 Å². The van der Waals surface area contributed by atoms with Crippen LogP contribution in [0.3, 0.4) is 0 Å². The monoisotopic (exact) mass is 252 g/mol. The Hall–Kier alpha value is -2.24. The molecule has 1 aromatic rings. The van der Waals surface area contributed by atoms with Crippen molar-refractivity contribution in [3.05, 3.63) is 23.8 Å². The number of anilines is 2. The highest BCUT2D eigenvalue weighted by molar-refractivity contribution is 5.96. The molecule has 4 N–H and O–H groups in total. The number of carbonyl (C=O) groups excluding carboxylic acids is 1. The minimum atomic E-state index is -1.15. The average molecular weight is 252 g/mol. The number of hydrogen-bond acceptors (Lipinski definition) is 4. The average Bonchev–Trinajstić information content (AvgIpc) is 2.17. The molecular formula is C12H16N2O4. The Morgan fingerprint density at radius 1 is 1.33 bits per heavy atom. The molecule has 1 rings (SSSR count). The minimum absolute atomic E-state index is 0.0661. The Bertz CT molecular complexity index is 477. The lowest BCUT2D eigenvalue weighted by Crippen LogP contribution is -2.27. The molecule has 0 radical (unpaired) electrons. The molecule has 0 spiro atoms. The topological polar surface area (TPSA) is 102 Å². The number of ether oxygens (including phenoxy) is 1. The second-order valence-corrected chi connectivity index (χ2v) is 4.73. The molecule has 0 atom stereocenters. The van der Waals surface area contributed by atoms with Gasteiger partial charge in [-0.1, -0.05) is 0 Å². The first kappa shape index (κ1) is 13.8. The highest BCUT2D eigenvalue weighted by Crippen LogP contribution is 2.18. The number of benzene rings is 1. The first-order chi connectivity index (χ1) is 8.19. The van der Waals surface area contributed by atoms with E-state index in [1.807, 2.05) is 0 Å². The molecule has 1 amide bonds. The number of nitrogens with two attached hydrogens (primary N) is 1. The van der Waals surface area contributed by atoms with Gasteiger partial charge in [0, 0.05) is 11.4 Å². The Morgan fingerprint density at radius 3 is 2.44 bits per heavy atom. The van der Waals surface area contributed by atoms with Crippen LogP contribution in [0.5, 0.6) is 0 Å². The summed E-state index contributed by atoms with van der Waals surface area (Å²) in [7, 11) is 0. The van der Waals surface area contributed by atoms with Crippen molar-refractivity contribution in [3.8, 4) is 0 Å². The fourth-order valence-corrected chi connectivity index (χ4v) is 1.24. The lowest BCUT2D eigenvalue weighted by Gasteiger charge is -2.19. The van der Waals surface area contributed by atoms with Gasteiger partial charge in [0.25, 0.3) is 0 Å². The molecule has 0 unspecified atom stereocenters. The number of carbonyl (C=O) groups is 2. The van der Waals surface area contributed by atoms with Crippen molar-refractivity contribution in [2.24, 2.45) is 0 Å². The van der Waals surface area contributed by atoms with Gasteiger partial charge in [-0.3, -0.25) is 5.32 Å². The molecule has 0 bridgehead atoms. The van der Waals surface area contributed by atoms with Gasteiger partial charge in [0.15, 0.2) is 0 Å². The molecule has 0 fully saturated rings. The summed E-state index contributed by atoms with van der Waals surface area (Å²) in [5.41, 5.74) is 5.27. The predicted molar refractivity (Wildman–Crippen MR) is 67.7 cm³/mol. The molecule has 98 valence electrons. The SMILES string of the molecule is CC(C)(C)OC(=O)Nc1ccc(N)c(C(=O)O)c1. The molecule has 6 heteroatoms. The van der Waals surface area contributed by atoms with Crippen LogP contribution in [0, 0.1) is 0 Å². The summed E-state index contributed by atoms with van der Waals surface area (Å²) in [5.74, 6) is -1.15. The van der Waals surface area contributed by atoms with Gasteiger partial charge in [-0.2, -0.15) is 0 Å². The fraction of sp³-hybridized carbons (Fsp3) is 0.333. The van der Waals surface area contributed by atoms with Crippen LogP contribution in [-0.4, -0.2) is 22.8 Å². The third kappa shape index (κ3) is 3.97. The van der Waals surface area contributed by atoms with Gasteiger partial charge in [-0.05, 0) is 39.0 Å². The van der Waals surface area contributed by atoms with Crippen molar-refractivity contribution >= 4 is 23.4 Å². The number of carboxylic acids is 1. The van der Waals surface area contributed by atoms with Crippen molar-refractivity contribution in [3.63, 3.8) is 0 Å². The van der Waals surface area contributed by atoms with Gasteiger partial charge in [-0.15, -0.1) is 0 Å². The summed E-state index contributed by atoms with van der Waals surface area (Å²) < 4.78 is 5.04. The normalized spacial score (nSPS) is 10.8. The quantitative estimate of drug-likeness (QED) is 0.701. The van der Waals surface area contributed by atoms with Crippen LogP contribution >= 0.6 is 0 Å². The van der Waals surface area contributed by atoms with Gasteiger partial charge in [-0.25, -0.2) is 9.59 Å². The van der Waals surface area contributed by atoms with E-state index in [4.69, 9.17) is 15.6 Å². The zero-order valence-electron chi connectivity index (χ0n) is 10.5. The van der Waals surface area contributed by atoms with E-state index in [1.54, 1.807) is 20.8 Å². The van der Waals surface area contributed by atoms with Crippen molar-refractivity contribution in [1.29, 1.82) is 0 Å². The van der Waals surface area contributed by atoms with Crippen LogP contribution in [0.15, 0.2) is 18.2 Å². The Balaban J connectivity index is 2.83. The highest BCUT2D eigenvalue weighted by atomic mass is 16.6. The van der Waals surface area contributed by atoms with Crippen LogP contribution in [0.25, 0.3) is 0 Å². The molecule has 0 aliphatic heterocycles. The van der Waals surface area contributed by atoms with E-state index < -0.39 is 17.7 Å². The molecule has 0 aromatic heterocycles. The van der Waals surface area contributed by atoms with Crippen molar-refractivity contribution in [2.75, 3.05) is 11.1 Å². The number of aromatic carboxylic acids is 1.